The van der Waals surface area contributed by atoms with E-state index in [1.807, 2.05) is 6.07 Å². The van der Waals surface area contributed by atoms with Crippen LogP contribution in [0.5, 0.6) is 0 Å². The van der Waals surface area contributed by atoms with Crippen LogP contribution >= 0.6 is 15.9 Å². The van der Waals surface area contributed by atoms with Gasteiger partial charge in [0.05, 0.1) is 6.54 Å². The van der Waals surface area contributed by atoms with E-state index in [0.29, 0.717) is 18.7 Å². The number of hydrogen-bond donors (Lipinski definition) is 0. The van der Waals surface area contributed by atoms with Crippen molar-refractivity contribution >= 4 is 27.4 Å². The molecule has 1 heterocycles. The maximum absolute atomic E-state index is 11.1. The molecular formula is C11H12BrNO. The smallest absolute Gasteiger partial charge is 0.153 e. The van der Waals surface area contributed by atoms with E-state index in [2.05, 4.69) is 39.9 Å². The Kier molecular flexibility index (Phi) is 2.59. The van der Waals surface area contributed by atoms with Gasteiger partial charge in [0.2, 0.25) is 0 Å². The molecular weight excluding hydrogens is 242 g/mol. The number of carbonyl (C=O) groups is 1. The molecule has 0 N–H and O–H groups in total. The molecule has 0 aromatic heterocycles. The van der Waals surface area contributed by atoms with Crippen LogP contribution in [0.4, 0.5) is 5.69 Å². The minimum atomic E-state index is 0.338. The molecule has 1 saturated heterocycles. The molecule has 2 rings (SSSR count). The number of carbonyl (C=O) groups excluding carboxylic acids is 1. The zero-order valence-corrected chi connectivity index (χ0v) is 9.67. The van der Waals surface area contributed by atoms with Gasteiger partial charge in [0, 0.05) is 23.1 Å². The van der Waals surface area contributed by atoms with Crippen LogP contribution in [0, 0.1) is 6.92 Å². The molecule has 0 atom stereocenters. The fourth-order valence-corrected chi connectivity index (χ4v) is 1.92. The average molecular weight is 254 g/mol. The van der Waals surface area contributed by atoms with Crippen LogP contribution in [0.1, 0.15) is 12.0 Å². The number of ketones is 1. The summed E-state index contributed by atoms with van der Waals surface area (Å²) in [5.74, 6) is 0.338. The highest BCUT2D eigenvalue weighted by Crippen LogP contribution is 2.24. The molecule has 1 fully saturated rings. The first-order valence-corrected chi connectivity index (χ1v) is 5.49. The molecule has 0 amide bonds. The number of benzene rings is 1. The van der Waals surface area contributed by atoms with Crippen LogP contribution in [0.15, 0.2) is 22.7 Å². The normalized spacial score (nSPS) is 16.4. The lowest BCUT2D eigenvalue weighted by Crippen LogP contribution is -2.19. The van der Waals surface area contributed by atoms with Crippen molar-refractivity contribution in [3.63, 3.8) is 0 Å². The molecule has 1 aromatic rings. The van der Waals surface area contributed by atoms with Gasteiger partial charge in [-0.15, -0.1) is 0 Å². The van der Waals surface area contributed by atoms with Crippen molar-refractivity contribution in [3.05, 3.63) is 28.2 Å². The summed E-state index contributed by atoms with van der Waals surface area (Å²) in [6, 6.07) is 6.20. The zero-order chi connectivity index (χ0) is 10.1. The van der Waals surface area contributed by atoms with Crippen LogP contribution in [-0.4, -0.2) is 18.9 Å². The van der Waals surface area contributed by atoms with E-state index in [-0.39, 0.29) is 0 Å². The number of anilines is 1. The van der Waals surface area contributed by atoms with E-state index in [4.69, 9.17) is 0 Å². The summed E-state index contributed by atoms with van der Waals surface area (Å²) in [6.45, 7) is 3.49. The predicted octanol–water partition coefficient (Wildman–Crippen LogP) is 2.54. The number of aryl methyl sites for hydroxylation is 1. The highest BCUT2D eigenvalue weighted by molar-refractivity contribution is 9.10. The van der Waals surface area contributed by atoms with Gasteiger partial charge < -0.3 is 4.90 Å². The lowest BCUT2D eigenvalue weighted by Gasteiger charge is -2.17. The SMILES string of the molecule is Cc1cc(N2CCC(=O)C2)ccc1Br. The van der Waals surface area contributed by atoms with E-state index >= 15 is 0 Å². The first-order valence-electron chi connectivity index (χ1n) is 4.69. The van der Waals surface area contributed by atoms with E-state index in [1.165, 1.54) is 5.56 Å². The third kappa shape index (κ3) is 1.82. The Bertz CT molecular complexity index is 376. The molecule has 0 bridgehead atoms. The predicted molar refractivity (Wildman–Crippen MR) is 60.7 cm³/mol. The summed E-state index contributed by atoms with van der Waals surface area (Å²) in [6.07, 6.45) is 0.690. The highest BCUT2D eigenvalue weighted by atomic mass is 79.9. The maximum atomic E-state index is 11.1. The van der Waals surface area contributed by atoms with Crippen molar-refractivity contribution in [2.24, 2.45) is 0 Å². The topological polar surface area (TPSA) is 20.3 Å². The number of rotatable bonds is 1. The van der Waals surface area contributed by atoms with Crippen molar-refractivity contribution in [3.8, 4) is 0 Å². The number of Topliss-reactive ketones (excluding diaryl/α,β-unsaturated/α-hetero) is 1. The standard InChI is InChI=1S/C11H12BrNO/c1-8-6-9(2-3-11(8)12)13-5-4-10(14)7-13/h2-3,6H,4-5,7H2,1H3. The van der Waals surface area contributed by atoms with E-state index in [1.54, 1.807) is 0 Å². The summed E-state index contributed by atoms with van der Waals surface area (Å²) < 4.78 is 1.12. The zero-order valence-electron chi connectivity index (χ0n) is 8.09. The summed E-state index contributed by atoms with van der Waals surface area (Å²) in [4.78, 5) is 13.3. The number of nitrogens with zero attached hydrogens (tertiary/aromatic N) is 1. The van der Waals surface area contributed by atoms with E-state index in [0.717, 1.165) is 16.7 Å². The van der Waals surface area contributed by atoms with Crippen LogP contribution in [0.25, 0.3) is 0 Å². The second-order valence-electron chi connectivity index (χ2n) is 3.64. The molecule has 14 heavy (non-hydrogen) atoms. The summed E-state index contributed by atoms with van der Waals surface area (Å²) in [7, 11) is 0. The third-order valence-corrected chi connectivity index (χ3v) is 3.42. The first kappa shape index (κ1) is 9.71. The minimum absolute atomic E-state index is 0.338. The quantitative estimate of drug-likeness (QED) is 0.767. The van der Waals surface area contributed by atoms with Crippen LogP contribution < -0.4 is 4.90 Å². The Morgan fingerprint density at radius 2 is 2.21 bits per heavy atom. The second kappa shape index (κ2) is 3.73. The Balaban J connectivity index is 2.24. The molecule has 2 nitrogen and oxygen atoms in total. The first-order chi connectivity index (χ1) is 6.66. The average Bonchev–Trinajstić information content (AvgIpc) is 2.57. The Morgan fingerprint density at radius 3 is 2.79 bits per heavy atom. The summed E-state index contributed by atoms with van der Waals surface area (Å²) in [5.41, 5.74) is 2.36. The third-order valence-electron chi connectivity index (χ3n) is 2.53. The molecule has 0 spiro atoms. The second-order valence-corrected chi connectivity index (χ2v) is 4.50. The maximum Gasteiger partial charge on any atom is 0.153 e. The van der Waals surface area contributed by atoms with Crippen molar-refractivity contribution < 1.29 is 4.79 Å². The fraction of sp³-hybridized carbons (Fsp3) is 0.364. The van der Waals surface area contributed by atoms with Crippen molar-refractivity contribution in [2.75, 3.05) is 18.0 Å². The molecule has 0 aliphatic carbocycles. The fourth-order valence-electron chi connectivity index (χ4n) is 1.68. The van der Waals surface area contributed by atoms with Gasteiger partial charge in [0.1, 0.15) is 0 Å². The van der Waals surface area contributed by atoms with Gasteiger partial charge in [-0.3, -0.25) is 4.79 Å². The lowest BCUT2D eigenvalue weighted by atomic mass is 10.2. The molecule has 0 radical (unpaired) electrons. The molecule has 3 heteroatoms. The van der Waals surface area contributed by atoms with Crippen molar-refractivity contribution in [1.29, 1.82) is 0 Å². The van der Waals surface area contributed by atoms with Gasteiger partial charge in [-0.25, -0.2) is 0 Å². The summed E-state index contributed by atoms with van der Waals surface area (Å²) in [5, 5.41) is 0. The van der Waals surface area contributed by atoms with Crippen molar-refractivity contribution in [2.45, 2.75) is 13.3 Å². The Labute approximate surface area is 92.0 Å². The van der Waals surface area contributed by atoms with E-state index < -0.39 is 0 Å². The summed E-state index contributed by atoms with van der Waals surface area (Å²) >= 11 is 3.46. The monoisotopic (exact) mass is 253 g/mol. The highest BCUT2D eigenvalue weighted by Gasteiger charge is 2.19. The molecule has 1 aromatic carbocycles. The van der Waals surface area contributed by atoms with Gasteiger partial charge in [-0.2, -0.15) is 0 Å². The van der Waals surface area contributed by atoms with Gasteiger partial charge in [0.25, 0.3) is 0 Å². The molecule has 0 unspecified atom stereocenters. The van der Waals surface area contributed by atoms with Gasteiger partial charge in [0.15, 0.2) is 5.78 Å². The van der Waals surface area contributed by atoms with Crippen LogP contribution in [0.3, 0.4) is 0 Å². The van der Waals surface area contributed by atoms with Crippen LogP contribution in [0.2, 0.25) is 0 Å². The Hall–Kier alpha value is -0.830. The van der Waals surface area contributed by atoms with Gasteiger partial charge >= 0.3 is 0 Å². The van der Waals surface area contributed by atoms with Crippen molar-refractivity contribution in [1.82, 2.24) is 0 Å². The molecule has 74 valence electrons. The Morgan fingerprint density at radius 1 is 1.43 bits per heavy atom. The van der Waals surface area contributed by atoms with Crippen LogP contribution in [-0.2, 0) is 4.79 Å². The number of hydrogen-bond acceptors (Lipinski definition) is 2. The minimum Gasteiger partial charge on any atom is -0.364 e. The molecule has 1 aliphatic rings. The lowest BCUT2D eigenvalue weighted by molar-refractivity contribution is -0.116. The van der Waals surface area contributed by atoms with Gasteiger partial charge in [-0.1, -0.05) is 15.9 Å². The molecule has 1 aliphatic heterocycles. The molecule has 0 saturated carbocycles. The van der Waals surface area contributed by atoms with Gasteiger partial charge in [-0.05, 0) is 30.7 Å². The largest absolute Gasteiger partial charge is 0.364 e. The number of halogens is 1. The van der Waals surface area contributed by atoms with E-state index in [9.17, 15) is 4.79 Å².